The van der Waals surface area contributed by atoms with Gasteiger partial charge in [-0.1, -0.05) is 24.6 Å². The third kappa shape index (κ3) is 11.1. The first kappa shape index (κ1) is 16.6. The minimum atomic E-state index is -0.488. The highest BCUT2D eigenvalue weighted by Crippen LogP contribution is 2.06. The molecule has 0 aromatic rings. The zero-order valence-corrected chi connectivity index (χ0v) is 11.4. The molecule has 0 rings (SSSR count). The van der Waals surface area contributed by atoms with E-state index in [9.17, 15) is 10.1 Å². The number of hydrogen-bond donors (Lipinski definition) is 4. The van der Waals surface area contributed by atoms with Gasteiger partial charge in [0.25, 0.3) is 6.20 Å². The number of nitrogens with zero attached hydrogens (tertiary/aromatic N) is 1. The molecule has 0 aliphatic rings. The second-order valence-corrected chi connectivity index (χ2v) is 4.77. The number of unbranched alkanes of at least 4 members (excludes halogenated alkanes) is 3. The van der Waals surface area contributed by atoms with E-state index in [4.69, 9.17) is 11.1 Å². The highest BCUT2D eigenvalue weighted by Gasteiger charge is 1.99. The summed E-state index contributed by atoms with van der Waals surface area (Å²) in [6, 6.07) is 0. The zero-order chi connectivity index (χ0) is 13.8. The van der Waals surface area contributed by atoms with Gasteiger partial charge in [0, 0.05) is 19.3 Å². The first-order chi connectivity index (χ1) is 8.56. The fourth-order valence-electron chi connectivity index (χ4n) is 1.29. The lowest BCUT2D eigenvalue weighted by Gasteiger charge is -2.07. The van der Waals surface area contributed by atoms with Gasteiger partial charge in [0.05, 0.1) is 4.92 Å². The van der Waals surface area contributed by atoms with E-state index in [1.165, 1.54) is 11.8 Å². The molecule has 8 heteroatoms. The Morgan fingerprint density at radius 1 is 1.44 bits per heavy atom. The molecule has 0 aromatic heterocycles. The predicted octanol–water partition coefficient (Wildman–Crippen LogP) is 1.06. The molecule has 7 nitrogen and oxygen atoms in total. The summed E-state index contributed by atoms with van der Waals surface area (Å²) < 4.78 is 0. The van der Waals surface area contributed by atoms with Crippen molar-refractivity contribution < 1.29 is 4.92 Å². The molecule has 0 bridgehead atoms. The van der Waals surface area contributed by atoms with Crippen LogP contribution in [-0.4, -0.2) is 29.4 Å². The number of hydrogen-bond acceptors (Lipinski definition) is 6. The summed E-state index contributed by atoms with van der Waals surface area (Å²) in [5.74, 6) is 1.30. The van der Waals surface area contributed by atoms with Crippen LogP contribution in [0.5, 0.6) is 0 Å². The first-order valence-electron chi connectivity index (χ1n) is 5.80. The average Bonchev–Trinajstić information content (AvgIpc) is 2.30. The van der Waals surface area contributed by atoms with Crippen LogP contribution in [0.15, 0.2) is 12.0 Å². The quantitative estimate of drug-likeness (QED) is 0.156. The summed E-state index contributed by atoms with van der Waals surface area (Å²) >= 11 is 1.36. The van der Waals surface area contributed by atoms with Gasteiger partial charge in [-0.15, -0.1) is 0 Å². The van der Waals surface area contributed by atoms with E-state index in [1.807, 2.05) is 0 Å². The highest BCUT2D eigenvalue weighted by molar-refractivity contribution is 8.13. The molecule has 0 unspecified atom stereocenters. The lowest BCUT2D eigenvalue weighted by molar-refractivity contribution is -0.404. The second-order valence-electron chi connectivity index (χ2n) is 3.63. The largest absolute Gasteiger partial charge is 0.379 e. The molecule has 0 saturated heterocycles. The summed E-state index contributed by atoms with van der Waals surface area (Å²) in [5.41, 5.74) is 5.21. The third-order valence-electron chi connectivity index (χ3n) is 2.15. The molecule has 0 spiro atoms. The number of thioether (sulfide) groups is 1. The highest BCUT2D eigenvalue weighted by atomic mass is 32.2. The number of amidine groups is 1. The van der Waals surface area contributed by atoms with Crippen LogP contribution >= 0.6 is 11.8 Å². The lowest BCUT2D eigenvalue weighted by atomic mass is 10.2. The summed E-state index contributed by atoms with van der Waals surface area (Å²) in [6.45, 7) is 0.709. The summed E-state index contributed by atoms with van der Waals surface area (Å²) in [7, 11) is 1.64. The summed E-state index contributed by atoms with van der Waals surface area (Å²) in [6.07, 6.45) is 5.05. The molecule has 0 heterocycles. The van der Waals surface area contributed by atoms with Crippen LogP contribution < -0.4 is 16.4 Å². The van der Waals surface area contributed by atoms with Crippen molar-refractivity contribution in [3.63, 3.8) is 0 Å². The van der Waals surface area contributed by atoms with E-state index in [-0.39, 0.29) is 5.17 Å². The van der Waals surface area contributed by atoms with Crippen molar-refractivity contribution in [2.24, 2.45) is 5.73 Å². The van der Waals surface area contributed by atoms with E-state index in [2.05, 4.69) is 10.6 Å². The molecule has 0 saturated carbocycles. The van der Waals surface area contributed by atoms with Gasteiger partial charge in [-0.2, -0.15) is 0 Å². The van der Waals surface area contributed by atoms with Crippen LogP contribution in [0.25, 0.3) is 0 Å². The van der Waals surface area contributed by atoms with E-state index in [0.29, 0.717) is 12.4 Å². The molecule has 5 N–H and O–H groups in total. The molecular formula is C10H21N5O2S. The Morgan fingerprint density at radius 3 is 2.67 bits per heavy atom. The minimum Gasteiger partial charge on any atom is -0.379 e. The number of nitro groups is 1. The van der Waals surface area contributed by atoms with Crippen LogP contribution in [0.3, 0.4) is 0 Å². The molecule has 0 aliphatic carbocycles. The number of nitrogens with one attached hydrogen (secondary N) is 3. The Hall–Kier alpha value is -1.44. The molecule has 0 aromatic carbocycles. The van der Waals surface area contributed by atoms with Crippen molar-refractivity contribution >= 4 is 16.9 Å². The summed E-state index contributed by atoms with van der Waals surface area (Å²) in [4.78, 5) is 9.76. The maximum atomic E-state index is 10.3. The molecule has 0 aliphatic heterocycles. The fraction of sp³-hybridized carbons (Fsp3) is 0.700. The van der Waals surface area contributed by atoms with Crippen molar-refractivity contribution in [2.45, 2.75) is 25.7 Å². The lowest BCUT2D eigenvalue weighted by Crippen LogP contribution is -2.25. The van der Waals surface area contributed by atoms with Gasteiger partial charge >= 0.3 is 0 Å². The van der Waals surface area contributed by atoms with E-state index in [1.54, 1.807) is 7.05 Å². The van der Waals surface area contributed by atoms with E-state index < -0.39 is 4.92 Å². The SMILES string of the molecule is CNC(=C[N+](=O)[O-])NCCCCCCSC(=N)N. The number of nitrogens with two attached hydrogens (primary N) is 1. The Morgan fingerprint density at radius 2 is 2.11 bits per heavy atom. The van der Waals surface area contributed by atoms with E-state index >= 15 is 0 Å². The van der Waals surface area contributed by atoms with E-state index in [0.717, 1.165) is 37.6 Å². The maximum absolute atomic E-state index is 10.3. The topological polar surface area (TPSA) is 117 Å². The van der Waals surface area contributed by atoms with Crippen molar-refractivity contribution in [3.8, 4) is 0 Å². The molecule has 104 valence electrons. The third-order valence-corrected chi connectivity index (χ3v) is 2.95. The fourth-order valence-corrected chi connectivity index (χ4v) is 1.86. The van der Waals surface area contributed by atoms with Crippen LogP contribution in [0.2, 0.25) is 0 Å². The van der Waals surface area contributed by atoms with Gasteiger partial charge in [0.1, 0.15) is 0 Å². The van der Waals surface area contributed by atoms with Crippen molar-refractivity contribution in [3.05, 3.63) is 22.1 Å². The average molecular weight is 275 g/mol. The van der Waals surface area contributed by atoms with Gasteiger partial charge in [0.15, 0.2) is 11.0 Å². The molecular weight excluding hydrogens is 254 g/mol. The van der Waals surface area contributed by atoms with Crippen LogP contribution in [0, 0.1) is 15.5 Å². The Balaban J connectivity index is 3.44. The van der Waals surface area contributed by atoms with Gasteiger partial charge in [-0.25, -0.2) is 0 Å². The molecule has 0 radical (unpaired) electrons. The monoisotopic (exact) mass is 275 g/mol. The number of rotatable bonds is 10. The normalized spacial score (nSPS) is 11.1. The standard InChI is InChI=1S/C10H21N5O2S/c1-13-9(8-15(16)17)14-6-4-2-3-5-7-18-10(11)12/h8,13-14H,2-7H2,1H3,(H3,11,12). The maximum Gasteiger partial charge on any atom is 0.274 e. The van der Waals surface area contributed by atoms with Crippen molar-refractivity contribution in [1.29, 1.82) is 5.41 Å². The predicted molar refractivity (Wildman–Crippen MR) is 75.0 cm³/mol. The van der Waals surface area contributed by atoms with Gasteiger partial charge in [0.2, 0.25) is 0 Å². The van der Waals surface area contributed by atoms with Gasteiger partial charge < -0.3 is 16.4 Å². The Bertz CT molecular complexity index is 296. The van der Waals surface area contributed by atoms with Crippen LogP contribution in [0.1, 0.15) is 25.7 Å². The van der Waals surface area contributed by atoms with Crippen molar-refractivity contribution in [1.82, 2.24) is 10.6 Å². The summed E-state index contributed by atoms with van der Waals surface area (Å²) in [5, 5.41) is 23.1. The molecule has 0 amide bonds. The molecule has 18 heavy (non-hydrogen) atoms. The minimum absolute atomic E-state index is 0.167. The zero-order valence-electron chi connectivity index (χ0n) is 10.6. The van der Waals surface area contributed by atoms with Crippen molar-refractivity contribution in [2.75, 3.05) is 19.3 Å². The van der Waals surface area contributed by atoms with Gasteiger partial charge in [-0.3, -0.25) is 15.5 Å². The second kappa shape index (κ2) is 10.7. The smallest absolute Gasteiger partial charge is 0.274 e. The van der Waals surface area contributed by atoms with Gasteiger partial charge in [-0.05, 0) is 12.8 Å². The Kier molecular flexibility index (Phi) is 9.84. The van der Waals surface area contributed by atoms with Crippen LogP contribution in [0.4, 0.5) is 0 Å². The molecule has 0 atom stereocenters. The Labute approximate surface area is 111 Å². The first-order valence-corrected chi connectivity index (χ1v) is 6.78. The van der Waals surface area contributed by atoms with Crippen LogP contribution in [-0.2, 0) is 0 Å². The molecule has 0 fully saturated rings.